The topological polar surface area (TPSA) is 124 Å². The Labute approximate surface area is 262 Å². The van der Waals surface area contributed by atoms with Gasteiger partial charge in [0.25, 0.3) is 0 Å². The number of anilines is 2. The number of rotatable bonds is 8. The average molecular weight is 630 g/mol. The number of nitrogen functional groups attached to an aromatic ring is 1. The molecule has 3 unspecified atom stereocenters. The third-order valence-electron chi connectivity index (χ3n) is 8.87. The van der Waals surface area contributed by atoms with Gasteiger partial charge in [-0.1, -0.05) is 71.9 Å². The molecule has 4 heterocycles. The van der Waals surface area contributed by atoms with Crippen LogP contribution in [0.1, 0.15) is 17.5 Å². The van der Waals surface area contributed by atoms with E-state index in [9.17, 15) is 9.90 Å². The SMILES string of the molecule is Nc1nccc(Sc2cnc3[nH]c(N4CCC5C(C4)C5(CN(Cc4ccccc4)C(=O)O)c4ccccc4F)cc3n2)c1Cl. The summed E-state index contributed by atoms with van der Waals surface area (Å²) in [5.74, 6) is 1.08. The van der Waals surface area contributed by atoms with Crippen molar-refractivity contribution < 1.29 is 14.3 Å². The summed E-state index contributed by atoms with van der Waals surface area (Å²) in [4.78, 5) is 33.7. The first-order valence-electron chi connectivity index (χ1n) is 14.3. The third-order valence-corrected chi connectivity index (χ3v) is 10.4. The molecule has 1 aliphatic carbocycles. The smallest absolute Gasteiger partial charge is 0.407 e. The Kier molecular flexibility index (Phi) is 7.30. The number of hydrogen-bond acceptors (Lipinski definition) is 7. The van der Waals surface area contributed by atoms with Crippen molar-refractivity contribution in [3.63, 3.8) is 0 Å². The number of carbonyl (C=O) groups is 1. The van der Waals surface area contributed by atoms with Crippen molar-refractivity contribution in [1.29, 1.82) is 0 Å². The van der Waals surface area contributed by atoms with E-state index >= 15 is 4.39 Å². The van der Waals surface area contributed by atoms with Crippen molar-refractivity contribution in [3.8, 4) is 0 Å². The van der Waals surface area contributed by atoms with E-state index in [0.29, 0.717) is 33.3 Å². The normalized spacial score (nSPS) is 20.8. The molecule has 1 saturated heterocycles. The van der Waals surface area contributed by atoms with Gasteiger partial charge in [0, 0.05) is 48.8 Å². The van der Waals surface area contributed by atoms with Gasteiger partial charge >= 0.3 is 6.09 Å². The summed E-state index contributed by atoms with van der Waals surface area (Å²) < 4.78 is 15.4. The van der Waals surface area contributed by atoms with E-state index in [0.717, 1.165) is 29.2 Å². The molecule has 2 fully saturated rings. The van der Waals surface area contributed by atoms with E-state index in [4.69, 9.17) is 22.3 Å². The molecule has 5 aromatic rings. The van der Waals surface area contributed by atoms with E-state index in [1.165, 1.54) is 22.7 Å². The molecule has 0 radical (unpaired) electrons. The van der Waals surface area contributed by atoms with Gasteiger partial charge in [-0.3, -0.25) is 0 Å². The number of piperidine rings is 1. The standard InChI is InChI=1S/C32H29ClFN7O2S/c33-28-25(10-12-36-29(28)35)44-27-15-37-30-24(38-27)14-26(39-30)40-13-11-20-22(17-40)32(20,21-8-4-5-9-23(21)34)18-41(31(42)43)16-19-6-2-1-3-7-19/h1-10,12,14-15,20,22H,11,13,16-18H2,(H2,35,36)(H,37,39)(H,42,43). The van der Waals surface area contributed by atoms with Gasteiger partial charge in [0.2, 0.25) is 0 Å². The Morgan fingerprint density at radius 1 is 1.16 bits per heavy atom. The highest BCUT2D eigenvalue weighted by atomic mass is 35.5. The summed E-state index contributed by atoms with van der Waals surface area (Å²) in [7, 11) is 0. The monoisotopic (exact) mass is 629 g/mol. The molecule has 9 nitrogen and oxygen atoms in total. The minimum atomic E-state index is -1.01. The molecule has 44 heavy (non-hydrogen) atoms. The Morgan fingerprint density at radius 3 is 2.75 bits per heavy atom. The molecule has 3 aromatic heterocycles. The number of pyridine rings is 1. The van der Waals surface area contributed by atoms with Crippen molar-refractivity contribution in [3.05, 3.63) is 101 Å². The van der Waals surface area contributed by atoms with E-state index in [2.05, 4.69) is 19.9 Å². The number of halogens is 2. The first-order valence-corrected chi connectivity index (χ1v) is 15.5. The van der Waals surface area contributed by atoms with Gasteiger partial charge in [0.15, 0.2) is 5.65 Å². The van der Waals surface area contributed by atoms with E-state index in [1.807, 2.05) is 48.5 Å². The molecule has 224 valence electrons. The molecule has 2 aromatic carbocycles. The number of benzene rings is 2. The van der Waals surface area contributed by atoms with Crippen LogP contribution in [0, 0.1) is 17.7 Å². The van der Waals surface area contributed by atoms with Crippen LogP contribution in [0.25, 0.3) is 11.2 Å². The summed E-state index contributed by atoms with van der Waals surface area (Å²) in [5, 5.41) is 11.3. The molecule has 1 aliphatic heterocycles. The van der Waals surface area contributed by atoms with Gasteiger partial charge in [-0.05, 0) is 41.5 Å². The molecule has 0 spiro atoms. The molecule has 1 amide bonds. The largest absolute Gasteiger partial charge is 0.465 e. The third kappa shape index (κ3) is 5.09. The molecular formula is C32H29ClFN7O2S. The summed E-state index contributed by atoms with van der Waals surface area (Å²) in [6.07, 6.45) is 3.08. The summed E-state index contributed by atoms with van der Waals surface area (Å²) >= 11 is 7.68. The lowest BCUT2D eigenvalue weighted by Crippen LogP contribution is -2.38. The number of carboxylic acid groups (broad SMARTS) is 1. The number of fused-ring (bicyclic) bond motifs is 2. The lowest BCUT2D eigenvalue weighted by molar-refractivity contribution is 0.135. The zero-order valence-electron chi connectivity index (χ0n) is 23.5. The maximum absolute atomic E-state index is 15.4. The molecule has 0 bridgehead atoms. The van der Waals surface area contributed by atoms with Crippen LogP contribution < -0.4 is 10.6 Å². The Morgan fingerprint density at radius 2 is 1.95 bits per heavy atom. The lowest BCUT2D eigenvalue weighted by atomic mass is 9.89. The Bertz CT molecular complexity index is 1860. The van der Waals surface area contributed by atoms with Crippen LogP contribution >= 0.6 is 23.4 Å². The van der Waals surface area contributed by atoms with Crippen LogP contribution in [-0.2, 0) is 12.0 Å². The Hall–Kier alpha value is -4.35. The first kappa shape index (κ1) is 28.4. The van der Waals surface area contributed by atoms with Gasteiger partial charge in [-0.25, -0.2) is 24.1 Å². The van der Waals surface area contributed by atoms with Crippen LogP contribution in [0.2, 0.25) is 5.02 Å². The van der Waals surface area contributed by atoms with Crippen LogP contribution in [0.5, 0.6) is 0 Å². The number of nitrogens with two attached hydrogens (primary N) is 1. The fourth-order valence-electron chi connectivity index (χ4n) is 6.79. The summed E-state index contributed by atoms with van der Waals surface area (Å²) in [6.45, 7) is 1.86. The minimum absolute atomic E-state index is 0.0727. The van der Waals surface area contributed by atoms with Crippen molar-refractivity contribution in [2.45, 2.75) is 28.3 Å². The number of hydrogen-bond donors (Lipinski definition) is 3. The van der Waals surface area contributed by atoms with Gasteiger partial charge in [0.1, 0.15) is 28.0 Å². The van der Waals surface area contributed by atoms with Crippen LogP contribution in [0.3, 0.4) is 0 Å². The van der Waals surface area contributed by atoms with Crippen LogP contribution in [0.4, 0.5) is 20.8 Å². The molecule has 4 N–H and O–H groups in total. The van der Waals surface area contributed by atoms with Crippen molar-refractivity contribution in [1.82, 2.24) is 24.8 Å². The highest BCUT2D eigenvalue weighted by Crippen LogP contribution is 2.64. The maximum Gasteiger partial charge on any atom is 0.407 e. The second-order valence-electron chi connectivity index (χ2n) is 11.3. The van der Waals surface area contributed by atoms with Crippen LogP contribution in [0.15, 0.2) is 89.0 Å². The van der Waals surface area contributed by atoms with Gasteiger partial charge in [-0.2, -0.15) is 0 Å². The molecule has 2 aliphatic rings. The minimum Gasteiger partial charge on any atom is -0.465 e. The second-order valence-corrected chi connectivity index (χ2v) is 12.7. The Balaban J connectivity index is 1.15. The van der Waals surface area contributed by atoms with Gasteiger partial charge in [-0.15, -0.1) is 0 Å². The van der Waals surface area contributed by atoms with E-state index in [1.54, 1.807) is 24.5 Å². The lowest BCUT2D eigenvalue weighted by Gasteiger charge is -2.28. The van der Waals surface area contributed by atoms with Gasteiger partial charge < -0.3 is 25.6 Å². The van der Waals surface area contributed by atoms with E-state index in [-0.39, 0.29) is 36.6 Å². The zero-order chi connectivity index (χ0) is 30.4. The average Bonchev–Trinajstić information content (AvgIpc) is 3.44. The molecule has 3 atom stereocenters. The number of nitrogens with zero attached hydrogens (tertiary/aromatic N) is 5. The van der Waals surface area contributed by atoms with E-state index < -0.39 is 11.5 Å². The number of H-pyrrole nitrogens is 1. The summed E-state index contributed by atoms with van der Waals surface area (Å²) in [5.41, 5.74) is 8.08. The molecular weight excluding hydrogens is 601 g/mol. The van der Waals surface area contributed by atoms with Crippen molar-refractivity contribution in [2.75, 3.05) is 30.3 Å². The fraction of sp³-hybridized carbons (Fsp3) is 0.250. The molecule has 7 rings (SSSR count). The molecule has 1 saturated carbocycles. The second kappa shape index (κ2) is 11.3. The van der Waals surface area contributed by atoms with Crippen molar-refractivity contribution >= 4 is 52.3 Å². The maximum atomic E-state index is 15.4. The zero-order valence-corrected chi connectivity index (χ0v) is 25.1. The highest BCUT2D eigenvalue weighted by molar-refractivity contribution is 7.99. The highest BCUT2D eigenvalue weighted by Gasteiger charge is 2.68. The van der Waals surface area contributed by atoms with Gasteiger partial charge in [0.05, 0.1) is 11.2 Å². The number of aromatic amines is 1. The molecule has 12 heteroatoms. The number of nitrogens with one attached hydrogen (secondary N) is 1. The first-order chi connectivity index (χ1) is 21.3. The van der Waals surface area contributed by atoms with Crippen molar-refractivity contribution in [2.24, 2.45) is 11.8 Å². The fourth-order valence-corrected chi connectivity index (χ4v) is 7.81. The summed E-state index contributed by atoms with van der Waals surface area (Å²) in [6, 6.07) is 20.1. The number of amides is 1. The quantitative estimate of drug-likeness (QED) is 0.179. The predicted molar refractivity (Wildman–Crippen MR) is 168 cm³/mol. The predicted octanol–water partition coefficient (Wildman–Crippen LogP) is 6.45. The number of aromatic nitrogens is 4. The van der Waals surface area contributed by atoms with Crippen LogP contribution in [-0.4, -0.2) is 55.7 Å².